The van der Waals surface area contributed by atoms with Crippen molar-refractivity contribution in [2.45, 2.75) is 5.25 Å². The Morgan fingerprint density at radius 1 is 1.53 bits per heavy atom. The molecule has 2 aromatic heterocycles. The van der Waals surface area contributed by atoms with E-state index in [0.717, 1.165) is 11.3 Å². The molecule has 0 spiro atoms. The zero-order chi connectivity index (χ0) is 12.4. The largest absolute Gasteiger partial charge is 0.772 e. The lowest BCUT2D eigenvalue weighted by molar-refractivity contribution is 0.0691. The molecule has 2 aromatic rings. The molecule has 0 aliphatic carbocycles. The molecule has 0 aliphatic heterocycles. The lowest BCUT2D eigenvalue weighted by Gasteiger charge is -2.15. The van der Waals surface area contributed by atoms with Crippen LogP contribution in [0.25, 0.3) is 0 Å². The third-order valence-corrected chi connectivity index (χ3v) is 4.97. The highest BCUT2D eigenvalue weighted by atomic mass is 32.2. The molecule has 5 nitrogen and oxygen atoms in total. The van der Waals surface area contributed by atoms with Crippen molar-refractivity contribution in [1.29, 1.82) is 0 Å². The fourth-order valence-corrected chi connectivity index (χ4v) is 4.10. The fraction of sp³-hybridized carbons (Fsp3) is 0.111. The van der Waals surface area contributed by atoms with Gasteiger partial charge in [-0.2, -0.15) is 0 Å². The van der Waals surface area contributed by atoms with Crippen LogP contribution in [0.2, 0.25) is 0 Å². The van der Waals surface area contributed by atoms with Crippen LogP contribution in [0, 0.1) is 0 Å². The fourth-order valence-electron chi connectivity index (χ4n) is 1.25. The molecule has 0 amide bonds. The van der Waals surface area contributed by atoms with Crippen molar-refractivity contribution in [1.82, 2.24) is 4.98 Å². The van der Waals surface area contributed by atoms with E-state index in [1.165, 1.54) is 16.7 Å². The number of carboxylic acid groups (broad SMARTS) is 1. The van der Waals surface area contributed by atoms with Gasteiger partial charge in [-0.25, -0.2) is 9.78 Å². The van der Waals surface area contributed by atoms with Gasteiger partial charge < -0.3 is 9.66 Å². The Morgan fingerprint density at radius 3 is 2.76 bits per heavy atom. The summed E-state index contributed by atoms with van der Waals surface area (Å²) in [5.41, 5.74) is -0.128. The lowest BCUT2D eigenvalue weighted by atomic mass is 10.3. The molecule has 0 fully saturated rings. The van der Waals surface area contributed by atoms with Crippen LogP contribution in [0.15, 0.2) is 22.9 Å². The van der Waals surface area contributed by atoms with Crippen molar-refractivity contribution in [2.24, 2.45) is 0 Å². The first-order chi connectivity index (χ1) is 8.09. The molecule has 0 radical (unpaired) electrons. The molecule has 0 aliphatic rings. The van der Waals surface area contributed by atoms with E-state index in [9.17, 15) is 13.6 Å². The highest BCUT2D eigenvalue weighted by Crippen LogP contribution is 2.32. The van der Waals surface area contributed by atoms with E-state index in [1.807, 2.05) is 0 Å². The summed E-state index contributed by atoms with van der Waals surface area (Å²) in [6.07, 6.45) is 0. The molecular formula is C9H6NO4S3-. The molecule has 0 aromatic carbocycles. The smallest absolute Gasteiger partial charge is 0.355 e. The maximum Gasteiger partial charge on any atom is 0.355 e. The third-order valence-electron chi connectivity index (χ3n) is 1.96. The molecular weight excluding hydrogens is 282 g/mol. The first-order valence-electron chi connectivity index (χ1n) is 4.40. The SMILES string of the molecule is O=C(O)c1csc(C(c2cccs2)S(=O)[O-])n1. The van der Waals surface area contributed by atoms with Crippen LogP contribution in [0.1, 0.15) is 25.6 Å². The van der Waals surface area contributed by atoms with E-state index in [4.69, 9.17) is 5.11 Å². The number of hydrogen-bond donors (Lipinski definition) is 1. The Hall–Kier alpha value is -1.09. The Kier molecular flexibility index (Phi) is 3.67. The summed E-state index contributed by atoms with van der Waals surface area (Å²) in [4.78, 5) is 15.1. The number of thiazole rings is 1. The molecule has 1 N–H and O–H groups in total. The third kappa shape index (κ3) is 2.60. The summed E-state index contributed by atoms with van der Waals surface area (Å²) < 4.78 is 22.4. The van der Waals surface area contributed by atoms with Gasteiger partial charge in [0, 0.05) is 10.3 Å². The van der Waals surface area contributed by atoms with Crippen LogP contribution in [-0.2, 0) is 11.1 Å². The van der Waals surface area contributed by atoms with Crippen molar-refractivity contribution in [2.75, 3.05) is 0 Å². The number of thiophene rings is 1. The minimum absolute atomic E-state index is 0.128. The summed E-state index contributed by atoms with van der Waals surface area (Å²) in [5, 5.41) is 11.2. The van der Waals surface area contributed by atoms with Gasteiger partial charge in [-0.05, 0) is 22.5 Å². The summed E-state index contributed by atoms with van der Waals surface area (Å²) in [7, 11) is 0. The van der Waals surface area contributed by atoms with E-state index < -0.39 is 22.3 Å². The van der Waals surface area contributed by atoms with E-state index in [2.05, 4.69) is 4.98 Å². The molecule has 90 valence electrons. The molecule has 2 atom stereocenters. The van der Waals surface area contributed by atoms with Crippen molar-refractivity contribution >= 4 is 39.7 Å². The predicted molar refractivity (Wildman–Crippen MR) is 64.2 cm³/mol. The van der Waals surface area contributed by atoms with Crippen molar-refractivity contribution < 1.29 is 18.7 Å². The van der Waals surface area contributed by atoms with E-state index in [1.54, 1.807) is 17.5 Å². The monoisotopic (exact) mass is 288 g/mol. The van der Waals surface area contributed by atoms with Gasteiger partial charge >= 0.3 is 5.97 Å². The highest BCUT2D eigenvalue weighted by molar-refractivity contribution is 7.80. The van der Waals surface area contributed by atoms with Gasteiger partial charge in [0.15, 0.2) is 5.69 Å². The van der Waals surface area contributed by atoms with E-state index in [0.29, 0.717) is 4.88 Å². The standard InChI is InChI=1S/C9H7NO4S3/c11-9(12)5-4-16-8(10-5)7(17(13)14)6-2-1-3-15-6/h1-4,7H,(H,11,12)(H,13,14)/p-1. The Bertz CT molecular complexity index is 548. The molecule has 0 bridgehead atoms. The second kappa shape index (κ2) is 5.05. The van der Waals surface area contributed by atoms with Crippen LogP contribution < -0.4 is 0 Å². The Morgan fingerprint density at radius 2 is 2.29 bits per heavy atom. The van der Waals surface area contributed by atoms with Crippen molar-refractivity contribution in [3.05, 3.63) is 38.5 Å². The second-order valence-corrected chi connectivity index (χ2v) is 5.89. The highest BCUT2D eigenvalue weighted by Gasteiger charge is 2.21. The average molecular weight is 288 g/mol. The quantitative estimate of drug-likeness (QED) is 0.867. The second-order valence-electron chi connectivity index (χ2n) is 3.03. The zero-order valence-corrected chi connectivity index (χ0v) is 10.7. The number of aromatic carboxylic acids is 1. The van der Waals surface area contributed by atoms with Crippen LogP contribution in [0.3, 0.4) is 0 Å². The van der Waals surface area contributed by atoms with Gasteiger partial charge in [0.25, 0.3) is 0 Å². The number of carbonyl (C=O) groups is 1. The van der Waals surface area contributed by atoms with Gasteiger partial charge in [-0.1, -0.05) is 6.07 Å². The summed E-state index contributed by atoms with van der Waals surface area (Å²) in [5.74, 6) is -1.16. The molecule has 0 saturated carbocycles. The maximum atomic E-state index is 11.2. The van der Waals surface area contributed by atoms with Gasteiger partial charge in [-0.15, -0.1) is 22.7 Å². The maximum absolute atomic E-state index is 11.2. The van der Waals surface area contributed by atoms with Crippen LogP contribution >= 0.6 is 22.7 Å². The van der Waals surface area contributed by atoms with Gasteiger partial charge in [-0.3, -0.25) is 4.21 Å². The molecule has 2 heterocycles. The Labute approximate surface area is 107 Å². The average Bonchev–Trinajstić information content (AvgIpc) is 2.88. The van der Waals surface area contributed by atoms with Gasteiger partial charge in [0.2, 0.25) is 0 Å². The van der Waals surface area contributed by atoms with E-state index >= 15 is 0 Å². The van der Waals surface area contributed by atoms with Crippen molar-refractivity contribution in [3.8, 4) is 0 Å². The minimum Gasteiger partial charge on any atom is -0.772 e. The van der Waals surface area contributed by atoms with Crippen LogP contribution in [0.5, 0.6) is 0 Å². The van der Waals surface area contributed by atoms with Crippen LogP contribution in [-0.4, -0.2) is 24.8 Å². The zero-order valence-electron chi connectivity index (χ0n) is 8.23. The summed E-state index contributed by atoms with van der Waals surface area (Å²) in [6, 6.07) is 3.43. The number of rotatable bonds is 4. The number of hydrogen-bond acceptors (Lipinski definition) is 6. The topological polar surface area (TPSA) is 90.3 Å². The summed E-state index contributed by atoms with van der Waals surface area (Å²) >= 11 is -0.0360. The molecule has 0 saturated heterocycles. The molecule has 2 rings (SSSR count). The first kappa shape index (κ1) is 12.4. The number of aromatic nitrogens is 1. The number of carboxylic acids is 1. The van der Waals surface area contributed by atoms with E-state index in [-0.39, 0.29) is 10.7 Å². The molecule has 17 heavy (non-hydrogen) atoms. The first-order valence-corrected chi connectivity index (χ1v) is 7.29. The van der Waals surface area contributed by atoms with Crippen LogP contribution in [0.4, 0.5) is 0 Å². The van der Waals surface area contributed by atoms with Gasteiger partial charge in [0.05, 0.1) is 0 Å². The summed E-state index contributed by atoms with van der Waals surface area (Å²) in [6.45, 7) is 0. The van der Waals surface area contributed by atoms with Gasteiger partial charge in [0.1, 0.15) is 10.3 Å². The Balaban J connectivity index is 2.40. The minimum atomic E-state index is -2.37. The molecule has 2 unspecified atom stereocenters. The lowest BCUT2D eigenvalue weighted by Crippen LogP contribution is -2.07. The number of nitrogens with zero attached hydrogens (tertiary/aromatic N) is 1. The normalized spacial score (nSPS) is 14.4. The molecule has 8 heteroatoms. The van der Waals surface area contributed by atoms with Crippen molar-refractivity contribution in [3.63, 3.8) is 0 Å². The predicted octanol–water partition coefficient (Wildman–Crippen LogP) is 1.87.